The Morgan fingerprint density at radius 2 is 1.62 bits per heavy atom. The average Bonchev–Trinajstić information content (AvgIpc) is 2.73. The van der Waals surface area contributed by atoms with Crippen LogP contribution < -0.4 is 9.62 Å². The van der Waals surface area contributed by atoms with E-state index in [9.17, 15) is 13.2 Å². The Morgan fingerprint density at radius 1 is 0.931 bits per heavy atom. The monoisotopic (exact) mass is 406 g/mol. The summed E-state index contributed by atoms with van der Waals surface area (Å²) in [6.07, 6.45) is 0.773. The second kappa shape index (κ2) is 7.37. The van der Waals surface area contributed by atoms with Crippen LogP contribution in [0, 0.1) is 6.92 Å². The molecule has 1 N–H and O–H groups in total. The van der Waals surface area contributed by atoms with Crippen LogP contribution in [0.3, 0.4) is 0 Å². The molecule has 29 heavy (non-hydrogen) atoms. The average molecular weight is 407 g/mol. The Labute approximate surface area is 171 Å². The molecule has 3 aromatic carbocycles. The van der Waals surface area contributed by atoms with Crippen LogP contribution >= 0.6 is 0 Å². The molecule has 6 heteroatoms. The lowest BCUT2D eigenvalue weighted by molar-refractivity contribution is -0.114. The highest BCUT2D eigenvalue weighted by Crippen LogP contribution is 2.42. The van der Waals surface area contributed by atoms with Crippen LogP contribution in [0.1, 0.15) is 18.1 Å². The summed E-state index contributed by atoms with van der Waals surface area (Å²) in [5, 5.41) is 2.92. The third-order valence-electron chi connectivity index (χ3n) is 5.21. The first-order valence-corrected chi connectivity index (χ1v) is 11.0. The van der Waals surface area contributed by atoms with Crippen LogP contribution in [0.2, 0.25) is 0 Å². The van der Waals surface area contributed by atoms with Gasteiger partial charge in [-0.05, 0) is 36.6 Å². The van der Waals surface area contributed by atoms with Gasteiger partial charge in [-0.25, -0.2) is 8.42 Å². The van der Waals surface area contributed by atoms with Crippen molar-refractivity contribution in [1.82, 2.24) is 0 Å². The molecule has 5 nitrogen and oxygen atoms in total. The second-order valence-electron chi connectivity index (χ2n) is 7.04. The zero-order valence-corrected chi connectivity index (χ0v) is 17.2. The Balaban J connectivity index is 1.72. The van der Waals surface area contributed by atoms with E-state index in [0.29, 0.717) is 11.3 Å². The number of anilines is 2. The number of aryl methyl sites for hydroxylation is 2. The van der Waals surface area contributed by atoms with E-state index in [-0.39, 0.29) is 17.3 Å². The normalized spacial score (nSPS) is 14.1. The fourth-order valence-corrected chi connectivity index (χ4v) is 5.41. The highest BCUT2D eigenvalue weighted by molar-refractivity contribution is 7.93. The van der Waals surface area contributed by atoms with Gasteiger partial charge in [0.2, 0.25) is 5.91 Å². The fraction of sp³-hybridized carbons (Fsp3) is 0.174. The van der Waals surface area contributed by atoms with Gasteiger partial charge in [0.05, 0.1) is 10.6 Å². The molecule has 3 aromatic rings. The molecule has 1 aliphatic rings. The Morgan fingerprint density at radius 3 is 2.38 bits per heavy atom. The van der Waals surface area contributed by atoms with Crippen molar-refractivity contribution in [1.29, 1.82) is 0 Å². The minimum Gasteiger partial charge on any atom is -0.324 e. The first-order valence-electron chi connectivity index (χ1n) is 9.53. The van der Waals surface area contributed by atoms with Crippen molar-refractivity contribution in [3.05, 3.63) is 77.9 Å². The molecule has 0 aliphatic carbocycles. The van der Waals surface area contributed by atoms with Gasteiger partial charge in [0.15, 0.2) is 0 Å². The number of hydrogen-bond acceptors (Lipinski definition) is 3. The summed E-state index contributed by atoms with van der Waals surface area (Å²) in [6.45, 7) is 3.66. The molecule has 0 spiro atoms. The summed E-state index contributed by atoms with van der Waals surface area (Å²) in [6, 6.07) is 20.0. The van der Waals surface area contributed by atoms with Crippen molar-refractivity contribution in [2.45, 2.75) is 25.2 Å². The smallest absolute Gasteiger partial charge is 0.265 e. The van der Waals surface area contributed by atoms with Crippen molar-refractivity contribution >= 4 is 27.3 Å². The van der Waals surface area contributed by atoms with Crippen LogP contribution in [0.25, 0.3) is 11.1 Å². The van der Waals surface area contributed by atoms with Crippen LogP contribution in [0.4, 0.5) is 11.4 Å². The molecular formula is C23H22N2O3S. The summed E-state index contributed by atoms with van der Waals surface area (Å²) < 4.78 is 27.8. The lowest BCUT2D eigenvalue weighted by Gasteiger charge is -2.31. The van der Waals surface area contributed by atoms with E-state index in [4.69, 9.17) is 0 Å². The van der Waals surface area contributed by atoms with E-state index in [2.05, 4.69) is 5.32 Å². The molecule has 0 unspecified atom stereocenters. The number of benzene rings is 3. The minimum absolute atomic E-state index is 0.219. The number of carbonyl (C=O) groups is 1. The number of hydrogen-bond donors (Lipinski definition) is 1. The lowest BCUT2D eigenvalue weighted by atomic mass is 10.0. The Hall–Kier alpha value is -3.12. The molecule has 1 aliphatic heterocycles. The van der Waals surface area contributed by atoms with Gasteiger partial charge in [0.1, 0.15) is 6.54 Å². The number of rotatable bonds is 4. The maximum atomic E-state index is 13.3. The highest BCUT2D eigenvalue weighted by atomic mass is 32.2. The fourth-order valence-electron chi connectivity index (χ4n) is 3.76. The quantitative estimate of drug-likeness (QED) is 0.700. The van der Waals surface area contributed by atoms with E-state index in [1.165, 1.54) is 4.31 Å². The van der Waals surface area contributed by atoms with E-state index < -0.39 is 10.0 Å². The zero-order valence-electron chi connectivity index (χ0n) is 16.3. The maximum Gasteiger partial charge on any atom is 0.265 e. The van der Waals surface area contributed by atoms with E-state index >= 15 is 0 Å². The minimum atomic E-state index is -3.84. The molecule has 4 rings (SSSR count). The van der Waals surface area contributed by atoms with Gasteiger partial charge in [-0.15, -0.1) is 0 Å². The van der Waals surface area contributed by atoms with Gasteiger partial charge in [-0.1, -0.05) is 61.5 Å². The second-order valence-corrected chi connectivity index (χ2v) is 8.87. The first kappa shape index (κ1) is 19.2. The first-order chi connectivity index (χ1) is 13.9. The lowest BCUT2D eigenvalue weighted by Crippen LogP contribution is -2.40. The standard InChI is InChI=1S/C23H22N2O3S/c1-3-17-10-8-9-16(2)23(17)24-22(26)15-25-20-13-6-4-11-18(20)19-12-5-7-14-21(19)29(25,27)28/h4-14H,3,15H2,1-2H3,(H,24,26). The molecule has 0 saturated heterocycles. The summed E-state index contributed by atoms with van der Waals surface area (Å²) >= 11 is 0. The van der Waals surface area contributed by atoms with Crippen molar-refractivity contribution in [2.24, 2.45) is 0 Å². The summed E-state index contributed by atoms with van der Waals surface area (Å²) in [7, 11) is -3.84. The van der Waals surface area contributed by atoms with Crippen molar-refractivity contribution in [3.8, 4) is 11.1 Å². The summed E-state index contributed by atoms with van der Waals surface area (Å²) in [4.78, 5) is 13.1. The summed E-state index contributed by atoms with van der Waals surface area (Å²) in [5.74, 6) is -0.369. The van der Waals surface area contributed by atoms with Crippen molar-refractivity contribution in [3.63, 3.8) is 0 Å². The zero-order chi connectivity index (χ0) is 20.6. The predicted molar refractivity (Wildman–Crippen MR) is 116 cm³/mol. The van der Waals surface area contributed by atoms with Gasteiger partial charge < -0.3 is 5.32 Å². The van der Waals surface area contributed by atoms with Gasteiger partial charge in [0, 0.05) is 16.8 Å². The number of sulfonamides is 1. The van der Waals surface area contributed by atoms with Crippen molar-refractivity contribution in [2.75, 3.05) is 16.2 Å². The van der Waals surface area contributed by atoms with E-state index in [1.54, 1.807) is 30.3 Å². The number of nitrogens with one attached hydrogen (secondary N) is 1. The number of nitrogens with zero attached hydrogens (tertiary/aromatic N) is 1. The van der Waals surface area contributed by atoms with Gasteiger partial charge in [0.25, 0.3) is 10.0 Å². The molecule has 1 heterocycles. The van der Waals surface area contributed by atoms with E-state index in [0.717, 1.165) is 28.8 Å². The number of fused-ring (bicyclic) bond motifs is 3. The molecule has 0 saturated carbocycles. The number of amides is 1. The largest absolute Gasteiger partial charge is 0.324 e. The van der Waals surface area contributed by atoms with E-state index in [1.807, 2.05) is 50.2 Å². The number of carbonyl (C=O) groups excluding carboxylic acids is 1. The molecule has 148 valence electrons. The predicted octanol–water partition coefficient (Wildman–Crippen LogP) is 4.37. The third kappa shape index (κ3) is 3.29. The number of para-hydroxylation sites is 2. The SMILES string of the molecule is CCc1cccc(C)c1NC(=O)CN1c2ccccc2-c2ccccc2S1(=O)=O. The van der Waals surface area contributed by atoms with Crippen LogP contribution in [0.15, 0.2) is 71.6 Å². The molecule has 0 fully saturated rings. The van der Waals surface area contributed by atoms with Gasteiger partial charge in [-0.3, -0.25) is 9.10 Å². The molecule has 1 amide bonds. The molecule has 0 radical (unpaired) electrons. The summed E-state index contributed by atoms with van der Waals surface area (Å²) in [5.41, 5.74) is 4.70. The molecule has 0 atom stereocenters. The molecule has 0 aromatic heterocycles. The van der Waals surface area contributed by atoms with Gasteiger partial charge >= 0.3 is 0 Å². The Kier molecular flexibility index (Phi) is 4.88. The van der Waals surface area contributed by atoms with Gasteiger partial charge in [-0.2, -0.15) is 0 Å². The Bertz CT molecular complexity index is 1200. The van der Waals surface area contributed by atoms with Crippen molar-refractivity contribution < 1.29 is 13.2 Å². The maximum absolute atomic E-state index is 13.3. The third-order valence-corrected chi connectivity index (χ3v) is 7.03. The van der Waals surface area contributed by atoms with Crippen LogP contribution in [-0.4, -0.2) is 20.9 Å². The molecular weight excluding hydrogens is 384 g/mol. The molecule has 0 bridgehead atoms. The topological polar surface area (TPSA) is 66.5 Å². The highest BCUT2D eigenvalue weighted by Gasteiger charge is 2.35. The van der Waals surface area contributed by atoms with Crippen LogP contribution in [0.5, 0.6) is 0 Å². The van der Waals surface area contributed by atoms with Crippen LogP contribution in [-0.2, 0) is 21.2 Å².